The van der Waals surface area contributed by atoms with Crippen LogP contribution in [-0.4, -0.2) is 54.5 Å². The van der Waals surface area contributed by atoms with Gasteiger partial charge in [0.25, 0.3) is 5.91 Å². The molecule has 12 heteroatoms. The van der Waals surface area contributed by atoms with Crippen LogP contribution in [0.1, 0.15) is 61.6 Å². The molecule has 210 valence electrons. The van der Waals surface area contributed by atoms with Crippen LogP contribution in [0.5, 0.6) is 5.75 Å². The zero-order valence-corrected chi connectivity index (χ0v) is 22.9. The van der Waals surface area contributed by atoms with Gasteiger partial charge in [0.15, 0.2) is 15.3 Å². The number of sulfone groups is 1. The van der Waals surface area contributed by atoms with E-state index >= 15 is 0 Å². The van der Waals surface area contributed by atoms with Crippen molar-refractivity contribution in [1.29, 1.82) is 0 Å². The van der Waals surface area contributed by atoms with Crippen molar-refractivity contribution in [1.82, 2.24) is 9.36 Å². The molecule has 2 aromatic rings. The standard InChI is InChI=1S/C26H34F3N3O5S/c1-25(2,3)22-13-23(32(31(22)4)14-19-6-5-10-36-19)30-24(33)20-12-18(26(27,28)29)7-8-21(20)37-15-17-9-11-38(34,35)16-17/h7-8,12-13,17,19H,5-6,9-11,14-16H2,1-4H3/t17?,19-/m1/s1. The van der Waals surface area contributed by atoms with E-state index in [1.807, 2.05) is 37.2 Å². The fourth-order valence-corrected chi connectivity index (χ4v) is 6.78. The maximum atomic E-state index is 13.5. The predicted octanol–water partition coefficient (Wildman–Crippen LogP) is 3.88. The number of carbonyl (C=O) groups is 1. The summed E-state index contributed by atoms with van der Waals surface area (Å²) in [5.41, 5.74) is -0.406. The Balaban J connectivity index is 1.72. The van der Waals surface area contributed by atoms with Crippen LogP contribution in [-0.2, 0) is 39.8 Å². The van der Waals surface area contributed by atoms with Crippen molar-refractivity contribution in [2.75, 3.05) is 24.7 Å². The molecule has 8 nitrogen and oxygen atoms in total. The number of ether oxygens (including phenoxy) is 2. The number of nitrogens with zero attached hydrogens (tertiary/aromatic N) is 3. The van der Waals surface area contributed by atoms with Crippen molar-refractivity contribution in [3.63, 3.8) is 0 Å². The van der Waals surface area contributed by atoms with Crippen molar-refractivity contribution in [2.45, 2.75) is 64.3 Å². The molecule has 1 aromatic heterocycles. The Labute approximate surface area is 220 Å². The first kappa shape index (κ1) is 28.4. The lowest BCUT2D eigenvalue weighted by atomic mass is 9.92. The van der Waals surface area contributed by atoms with Crippen LogP contribution in [0.4, 0.5) is 13.2 Å². The largest absolute Gasteiger partial charge is 0.492 e. The van der Waals surface area contributed by atoms with Gasteiger partial charge in [-0.15, -0.1) is 0 Å². The highest BCUT2D eigenvalue weighted by atomic mass is 32.2. The second-order valence-electron chi connectivity index (χ2n) is 11.1. The third-order valence-electron chi connectivity index (χ3n) is 6.96. The van der Waals surface area contributed by atoms with E-state index in [9.17, 15) is 26.4 Å². The second kappa shape index (κ2) is 10.5. The van der Waals surface area contributed by atoms with Gasteiger partial charge in [-0.1, -0.05) is 20.8 Å². The Hall–Kier alpha value is -2.60. The molecule has 2 fully saturated rings. The van der Waals surface area contributed by atoms with Gasteiger partial charge in [0.1, 0.15) is 5.75 Å². The molecule has 0 radical (unpaired) electrons. The van der Waals surface area contributed by atoms with Gasteiger partial charge in [0, 0.05) is 36.7 Å². The van der Waals surface area contributed by atoms with Crippen molar-refractivity contribution in [3.8, 4) is 5.75 Å². The SMILES string of the molecule is Cn1c(C(C)(C)C)cc(=NC(=O)c2cc(C(F)(F)F)ccc2OCC2CCS(=O)(=O)C2)n1C[C@H]1CCCO1. The summed E-state index contributed by atoms with van der Waals surface area (Å²) in [7, 11) is -1.30. The number of halogens is 3. The number of carbonyl (C=O) groups excluding carboxylic acids is 1. The monoisotopic (exact) mass is 557 g/mol. The third kappa shape index (κ3) is 6.51. The van der Waals surface area contributed by atoms with Crippen molar-refractivity contribution >= 4 is 15.7 Å². The number of benzene rings is 1. The quantitative estimate of drug-likeness (QED) is 0.538. The zero-order chi connectivity index (χ0) is 27.9. The molecule has 0 N–H and O–H groups in total. The summed E-state index contributed by atoms with van der Waals surface area (Å²) in [5.74, 6) is -1.24. The van der Waals surface area contributed by atoms with E-state index in [1.165, 1.54) is 0 Å². The van der Waals surface area contributed by atoms with Crippen LogP contribution in [0.15, 0.2) is 29.3 Å². The van der Waals surface area contributed by atoms with Gasteiger partial charge in [-0.3, -0.25) is 14.2 Å². The van der Waals surface area contributed by atoms with Crippen LogP contribution < -0.4 is 10.2 Å². The topological polar surface area (TPSA) is 91.9 Å². The number of aromatic nitrogens is 2. The number of rotatable bonds is 6. The fraction of sp³-hybridized carbons (Fsp3) is 0.615. The molecule has 3 heterocycles. The van der Waals surface area contributed by atoms with Gasteiger partial charge in [0.05, 0.1) is 41.9 Å². The molecule has 4 rings (SSSR count). The van der Waals surface area contributed by atoms with Gasteiger partial charge in [-0.25, -0.2) is 8.42 Å². The summed E-state index contributed by atoms with van der Waals surface area (Å²) < 4.78 is 79.3. The summed E-state index contributed by atoms with van der Waals surface area (Å²) in [6.07, 6.45) is -2.53. The third-order valence-corrected chi connectivity index (χ3v) is 8.80. The van der Waals surface area contributed by atoms with Crippen molar-refractivity contribution in [3.05, 3.63) is 46.6 Å². The minimum absolute atomic E-state index is 0.0244. The predicted molar refractivity (Wildman–Crippen MR) is 135 cm³/mol. The number of alkyl halides is 3. The first-order valence-corrected chi connectivity index (χ1v) is 14.5. The lowest BCUT2D eigenvalue weighted by molar-refractivity contribution is -0.137. The summed E-state index contributed by atoms with van der Waals surface area (Å²) in [5, 5.41) is 0. The highest BCUT2D eigenvalue weighted by Gasteiger charge is 2.33. The highest BCUT2D eigenvalue weighted by molar-refractivity contribution is 7.91. The fourth-order valence-electron chi connectivity index (χ4n) is 4.94. The van der Waals surface area contributed by atoms with Gasteiger partial charge in [0.2, 0.25) is 0 Å². The van der Waals surface area contributed by atoms with Crippen LogP contribution in [0.3, 0.4) is 0 Å². The Morgan fingerprint density at radius 1 is 1.18 bits per heavy atom. The van der Waals surface area contributed by atoms with Crippen molar-refractivity contribution in [2.24, 2.45) is 18.0 Å². The van der Waals surface area contributed by atoms with E-state index < -0.39 is 27.5 Å². The molecule has 2 aliphatic rings. The highest BCUT2D eigenvalue weighted by Crippen LogP contribution is 2.33. The van der Waals surface area contributed by atoms with Crippen LogP contribution in [0, 0.1) is 5.92 Å². The molecule has 1 aromatic carbocycles. The van der Waals surface area contributed by atoms with Crippen LogP contribution in [0.2, 0.25) is 0 Å². The molecule has 1 unspecified atom stereocenters. The first-order chi connectivity index (χ1) is 17.6. The Kier molecular flexibility index (Phi) is 7.86. The molecule has 2 saturated heterocycles. The average molecular weight is 558 g/mol. The minimum Gasteiger partial charge on any atom is -0.492 e. The first-order valence-electron chi connectivity index (χ1n) is 12.7. The average Bonchev–Trinajstić information content (AvgIpc) is 3.52. The molecular weight excluding hydrogens is 523 g/mol. The molecule has 0 spiro atoms. The molecule has 1 amide bonds. The number of hydrogen-bond donors (Lipinski definition) is 0. The van der Waals surface area contributed by atoms with Crippen molar-refractivity contribution < 1.29 is 35.9 Å². The Morgan fingerprint density at radius 2 is 1.92 bits per heavy atom. The van der Waals surface area contributed by atoms with Gasteiger partial charge < -0.3 is 9.47 Å². The minimum atomic E-state index is -4.67. The lowest BCUT2D eigenvalue weighted by Crippen LogP contribution is -2.30. The number of amides is 1. The van der Waals surface area contributed by atoms with E-state index in [4.69, 9.17) is 9.47 Å². The van der Waals surface area contributed by atoms with Crippen LogP contribution >= 0.6 is 0 Å². The summed E-state index contributed by atoms with van der Waals surface area (Å²) in [4.78, 5) is 17.7. The second-order valence-corrected chi connectivity index (χ2v) is 13.3. The van der Waals surface area contributed by atoms with E-state index in [-0.39, 0.29) is 46.9 Å². The maximum Gasteiger partial charge on any atom is 0.416 e. The van der Waals surface area contributed by atoms with Gasteiger partial charge >= 0.3 is 6.18 Å². The van der Waals surface area contributed by atoms with Crippen LogP contribution in [0.25, 0.3) is 0 Å². The van der Waals surface area contributed by atoms with E-state index in [0.717, 1.165) is 36.7 Å². The molecular formula is C26H34F3N3O5S. The molecule has 2 atom stereocenters. The van der Waals surface area contributed by atoms with Gasteiger partial charge in [-0.2, -0.15) is 18.2 Å². The lowest BCUT2D eigenvalue weighted by Gasteiger charge is -2.21. The summed E-state index contributed by atoms with van der Waals surface area (Å²) in [6, 6.07) is 4.45. The molecule has 0 aliphatic carbocycles. The maximum absolute atomic E-state index is 13.5. The van der Waals surface area contributed by atoms with E-state index in [0.29, 0.717) is 25.1 Å². The molecule has 2 aliphatic heterocycles. The molecule has 38 heavy (non-hydrogen) atoms. The Morgan fingerprint density at radius 3 is 2.50 bits per heavy atom. The normalized spacial score (nSPS) is 22.2. The summed E-state index contributed by atoms with van der Waals surface area (Å²) in [6.45, 7) is 7.13. The Bertz CT molecular complexity index is 1360. The molecule has 0 bridgehead atoms. The summed E-state index contributed by atoms with van der Waals surface area (Å²) >= 11 is 0. The van der Waals surface area contributed by atoms with Gasteiger partial charge in [-0.05, 0) is 37.5 Å². The zero-order valence-electron chi connectivity index (χ0n) is 22.0. The number of hydrogen-bond acceptors (Lipinski definition) is 5. The van der Waals surface area contributed by atoms with E-state index in [2.05, 4.69) is 4.99 Å². The molecule has 0 saturated carbocycles. The smallest absolute Gasteiger partial charge is 0.416 e. The van der Waals surface area contributed by atoms with E-state index in [1.54, 1.807) is 6.07 Å².